The van der Waals surface area contributed by atoms with Crippen molar-refractivity contribution < 1.29 is 0 Å². The van der Waals surface area contributed by atoms with Gasteiger partial charge in [-0.1, -0.05) is 107 Å². The summed E-state index contributed by atoms with van der Waals surface area (Å²) >= 11 is 0. The molecule has 1 aliphatic rings. The van der Waals surface area contributed by atoms with Gasteiger partial charge in [-0.3, -0.25) is 0 Å². The van der Waals surface area contributed by atoms with Gasteiger partial charge in [0.05, 0.1) is 0 Å². The predicted octanol–water partition coefficient (Wildman–Crippen LogP) is 9.83. The fourth-order valence-electron chi connectivity index (χ4n) is 5.62. The van der Waals surface area contributed by atoms with Gasteiger partial charge in [-0.25, -0.2) is 0 Å². The van der Waals surface area contributed by atoms with Crippen LogP contribution in [0.15, 0.2) is 60.7 Å². The molecule has 0 nitrogen and oxygen atoms in total. The molecule has 0 saturated heterocycles. The molecule has 0 spiro atoms. The average Bonchev–Trinajstić information content (AvgIpc) is 2.88. The van der Waals surface area contributed by atoms with Crippen LogP contribution in [0.25, 0.3) is 10.8 Å². The molecule has 1 saturated carbocycles. The van der Waals surface area contributed by atoms with E-state index in [1.54, 1.807) is 0 Å². The molecular weight excluding hydrogens is 408 g/mol. The van der Waals surface area contributed by atoms with Crippen molar-refractivity contribution in [1.29, 1.82) is 0 Å². The van der Waals surface area contributed by atoms with E-state index in [0.29, 0.717) is 0 Å². The topological polar surface area (TPSA) is 0 Å². The van der Waals surface area contributed by atoms with Crippen LogP contribution in [0.3, 0.4) is 0 Å². The lowest BCUT2D eigenvalue weighted by molar-refractivity contribution is 0.302. The molecule has 0 atom stereocenters. The van der Waals surface area contributed by atoms with E-state index >= 15 is 0 Å². The quantitative estimate of drug-likeness (QED) is 0.225. The molecule has 0 heterocycles. The van der Waals surface area contributed by atoms with Crippen LogP contribution >= 0.6 is 0 Å². The highest BCUT2D eigenvalue weighted by Crippen LogP contribution is 2.37. The fourth-order valence-corrected chi connectivity index (χ4v) is 5.62. The summed E-state index contributed by atoms with van der Waals surface area (Å²) < 4.78 is 0. The highest BCUT2D eigenvalue weighted by molar-refractivity contribution is 5.84. The third kappa shape index (κ3) is 6.99. The summed E-state index contributed by atoms with van der Waals surface area (Å²) in [7, 11) is 0. The Balaban J connectivity index is 1.30. The smallest absolute Gasteiger partial charge is 0.0255 e. The predicted molar refractivity (Wildman–Crippen MR) is 148 cm³/mol. The molecule has 0 unspecified atom stereocenters. The van der Waals surface area contributed by atoms with Gasteiger partial charge in [-0.05, 0) is 90.1 Å². The van der Waals surface area contributed by atoms with Crippen molar-refractivity contribution in [3.8, 4) is 11.8 Å². The second-order valence-electron chi connectivity index (χ2n) is 10.4. The van der Waals surface area contributed by atoms with Crippen molar-refractivity contribution in [2.75, 3.05) is 0 Å². The molecule has 4 rings (SSSR count). The van der Waals surface area contributed by atoms with E-state index in [1.807, 2.05) is 0 Å². The van der Waals surface area contributed by atoms with Gasteiger partial charge >= 0.3 is 0 Å². The Kier molecular flexibility index (Phi) is 9.27. The highest BCUT2D eigenvalue weighted by Gasteiger charge is 2.21. The molecule has 178 valence electrons. The summed E-state index contributed by atoms with van der Waals surface area (Å²) in [5, 5.41) is 2.59. The Morgan fingerprint density at radius 2 is 1.32 bits per heavy atom. The van der Waals surface area contributed by atoms with Crippen LogP contribution in [0.4, 0.5) is 0 Å². The largest absolute Gasteiger partial charge is 0.0654 e. The Bertz CT molecular complexity index is 1080. The summed E-state index contributed by atoms with van der Waals surface area (Å²) in [5.41, 5.74) is 5.14. The summed E-state index contributed by atoms with van der Waals surface area (Å²) in [4.78, 5) is 0. The van der Waals surface area contributed by atoms with Gasteiger partial charge in [0.25, 0.3) is 0 Å². The normalized spacial score (nSPS) is 17.9. The third-order valence-corrected chi connectivity index (χ3v) is 7.74. The molecule has 1 fully saturated rings. The van der Waals surface area contributed by atoms with Crippen molar-refractivity contribution in [1.82, 2.24) is 0 Å². The minimum Gasteiger partial charge on any atom is -0.0654 e. The van der Waals surface area contributed by atoms with Crippen LogP contribution in [-0.4, -0.2) is 0 Å². The zero-order valence-electron chi connectivity index (χ0n) is 21.4. The lowest BCUT2D eigenvalue weighted by Crippen LogP contribution is -2.13. The van der Waals surface area contributed by atoms with Crippen molar-refractivity contribution in [3.63, 3.8) is 0 Å². The molecule has 3 aromatic carbocycles. The minimum absolute atomic E-state index is 0.747. The lowest BCUT2D eigenvalue weighted by Gasteiger charge is -2.29. The standard InChI is InChI=1S/C34H42/c1-3-5-6-7-8-10-27-13-19-31(20-14-27)32-21-15-28(16-22-32)11-12-30-18-24-33-25-29(9-4-2)17-23-34(33)26-30/h15-18,21-27,31H,3-10,13-14,19-20H2,1-2H3. The first-order chi connectivity index (χ1) is 16.7. The van der Waals surface area contributed by atoms with Gasteiger partial charge in [0.2, 0.25) is 0 Å². The van der Waals surface area contributed by atoms with Crippen molar-refractivity contribution in [2.24, 2.45) is 5.92 Å². The number of hydrogen-bond donors (Lipinski definition) is 0. The van der Waals surface area contributed by atoms with Crippen molar-refractivity contribution >= 4 is 10.8 Å². The molecule has 1 aliphatic carbocycles. The van der Waals surface area contributed by atoms with Gasteiger partial charge in [0, 0.05) is 11.1 Å². The van der Waals surface area contributed by atoms with Gasteiger partial charge in [-0.15, -0.1) is 0 Å². The Morgan fingerprint density at radius 3 is 2.09 bits per heavy atom. The number of aryl methyl sites for hydroxylation is 1. The number of benzene rings is 3. The van der Waals surface area contributed by atoms with Gasteiger partial charge < -0.3 is 0 Å². The first-order valence-corrected chi connectivity index (χ1v) is 13.9. The van der Waals surface area contributed by atoms with Crippen LogP contribution in [0.2, 0.25) is 0 Å². The van der Waals surface area contributed by atoms with Crippen LogP contribution in [0, 0.1) is 17.8 Å². The number of hydrogen-bond acceptors (Lipinski definition) is 0. The summed E-state index contributed by atoms with van der Waals surface area (Å²) in [6.45, 7) is 4.53. The van der Waals surface area contributed by atoms with E-state index in [9.17, 15) is 0 Å². The van der Waals surface area contributed by atoms with E-state index in [0.717, 1.165) is 29.4 Å². The zero-order valence-corrected chi connectivity index (χ0v) is 21.4. The lowest BCUT2D eigenvalue weighted by atomic mass is 9.77. The van der Waals surface area contributed by atoms with Crippen molar-refractivity contribution in [3.05, 3.63) is 82.9 Å². The maximum atomic E-state index is 3.38. The first kappa shape index (κ1) is 24.6. The van der Waals surface area contributed by atoms with E-state index in [-0.39, 0.29) is 0 Å². The maximum Gasteiger partial charge on any atom is 0.0255 e. The van der Waals surface area contributed by atoms with Crippen LogP contribution in [0.5, 0.6) is 0 Å². The number of fused-ring (bicyclic) bond motifs is 1. The molecule has 0 amide bonds. The molecule has 3 aromatic rings. The zero-order chi connectivity index (χ0) is 23.6. The maximum absolute atomic E-state index is 3.38. The Hall–Kier alpha value is -2.52. The molecule has 0 N–H and O–H groups in total. The Labute approximate surface area is 208 Å². The van der Waals surface area contributed by atoms with Crippen LogP contribution < -0.4 is 0 Å². The second-order valence-corrected chi connectivity index (χ2v) is 10.4. The third-order valence-electron chi connectivity index (χ3n) is 7.74. The fraction of sp³-hybridized carbons (Fsp3) is 0.471. The van der Waals surface area contributed by atoms with Crippen LogP contribution in [0.1, 0.15) is 113 Å². The SMILES string of the molecule is CCCCCCCC1CCC(c2ccc(C#Cc3ccc4cc(CCC)ccc4c3)cc2)CC1. The van der Waals surface area contributed by atoms with E-state index < -0.39 is 0 Å². The van der Waals surface area contributed by atoms with Crippen molar-refractivity contribution in [2.45, 2.75) is 96.8 Å². The molecule has 0 radical (unpaired) electrons. The average molecular weight is 451 g/mol. The van der Waals surface area contributed by atoms with E-state index in [4.69, 9.17) is 0 Å². The monoisotopic (exact) mass is 450 g/mol. The number of rotatable bonds is 9. The molecule has 34 heavy (non-hydrogen) atoms. The molecule has 0 aliphatic heterocycles. The van der Waals surface area contributed by atoms with Gasteiger partial charge in [-0.2, -0.15) is 0 Å². The molecule has 0 bridgehead atoms. The second kappa shape index (κ2) is 12.8. The first-order valence-electron chi connectivity index (χ1n) is 13.9. The molecular formula is C34H42. The minimum atomic E-state index is 0.747. The van der Waals surface area contributed by atoms with Gasteiger partial charge in [0.1, 0.15) is 0 Å². The summed E-state index contributed by atoms with van der Waals surface area (Å²) in [6, 6.07) is 22.5. The molecule has 0 aromatic heterocycles. The Morgan fingerprint density at radius 1 is 0.647 bits per heavy atom. The van der Waals surface area contributed by atoms with E-state index in [2.05, 4.69) is 86.4 Å². The van der Waals surface area contributed by atoms with Crippen LogP contribution in [-0.2, 0) is 6.42 Å². The number of unbranched alkanes of at least 4 members (excludes halogenated alkanes) is 4. The van der Waals surface area contributed by atoms with E-state index in [1.165, 1.54) is 92.5 Å². The highest BCUT2D eigenvalue weighted by atomic mass is 14.3. The summed E-state index contributed by atoms with van der Waals surface area (Å²) in [6.07, 6.45) is 16.4. The van der Waals surface area contributed by atoms with Gasteiger partial charge in [0.15, 0.2) is 0 Å². The summed E-state index contributed by atoms with van der Waals surface area (Å²) in [5.74, 6) is 8.48. The molecule has 0 heteroatoms.